The van der Waals surface area contributed by atoms with Crippen LogP contribution in [-0.4, -0.2) is 41.3 Å². The molecule has 0 atom stereocenters. The summed E-state index contributed by atoms with van der Waals surface area (Å²) in [5.41, 5.74) is 9.27. The van der Waals surface area contributed by atoms with E-state index in [0.29, 0.717) is 28.8 Å². The van der Waals surface area contributed by atoms with Gasteiger partial charge in [0.2, 0.25) is 5.82 Å². The average molecular weight is 553 g/mol. The first-order chi connectivity index (χ1) is 18.2. The Kier molecular flexibility index (Phi) is 8.03. The third kappa shape index (κ3) is 6.15. The van der Waals surface area contributed by atoms with Crippen molar-refractivity contribution in [2.75, 3.05) is 22.9 Å². The predicted octanol–water partition coefficient (Wildman–Crippen LogP) is 4.70. The van der Waals surface area contributed by atoms with E-state index >= 15 is 0 Å². The Labute approximate surface area is 225 Å². The predicted molar refractivity (Wildman–Crippen MR) is 148 cm³/mol. The van der Waals surface area contributed by atoms with E-state index in [-0.39, 0.29) is 22.5 Å². The SMILES string of the molecule is CCc1nc(/N=C(\C)Nc2ccc(S(=O)(=O)Nc3nccnc3OC)cc2)nc(N)c1-c1ccc(Cl)cc1. The molecule has 0 fully saturated rings. The van der Waals surface area contributed by atoms with Crippen LogP contribution in [0.15, 0.2) is 70.8 Å². The zero-order valence-corrected chi connectivity index (χ0v) is 22.4. The first kappa shape index (κ1) is 26.8. The number of anilines is 3. The van der Waals surface area contributed by atoms with Crippen molar-refractivity contribution >= 4 is 50.7 Å². The molecule has 4 N–H and O–H groups in total. The van der Waals surface area contributed by atoms with Crippen LogP contribution in [0, 0.1) is 0 Å². The zero-order chi connectivity index (χ0) is 27.3. The van der Waals surface area contributed by atoms with Gasteiger partial charge in [0.25, 0.3) is 21.9 Å². The van der Waals surface area contributed by atoms with Crippen molar-refractivity contribution in [1.82, 2.24) is 19.9 Å². The van der Waals surface area contributed by atoms with E-state index < -0.39 is 10.0 Å². The highest BCUT2D eigenvalue weighted by Crippen LogP contribution is 2.30. The normalized spacial score (nSPS) is 11.7. The summed E-state index contributed by atoms with van der Waals surface area (Å²) >= 11 is 6.01. The van der Waals surface area contributed by atoms with E-state index in [9.17, 15) is 8.42 Å². The number of hydrogen-bond donors (Lipinski definition) is 3. The highest BCUT2D eigenvalue weighted by Gasteiger charge is 2.18. The number of halogens is 1. The standard InChI is InChI=1S/C25H25ClN8O3S/c1-4-20-21(16-5-7-17(26)8-6-16)22(27)33-25(32-20)31-15(2)30-18-9-11-19(12-10-18)38(35,36)34-23-24(37-3)29-14-13-28-23/h5-14H,4H2,1-3H3,(H,28,34)(H3,27,30,31,32,33). The van der Waals surface area contributed by atoms with Gasteiger partial charge < -0.3 is 15.8 Å². The number of nitrogens with one attached hydrogen (secondary N) is 2. The number of nitrogen functional groups attached to an aromatic ring is 1. The maximum Gasteiger partial charge on any atom is 0.263 e. The molecule has 4 rings (SSSR count). The summed E-state index contributed by atoms with van der Waals surface area (Å²) in [5.74, 6) is 1.07. The van der Waals surface area contributed by atoms with Crippen molar-refractivity contribution in [2.45, 2.75) is 25.2 Å². The van der Waals surface area contributed by atoms with Gasteiger partial charge in [0, 0.05) is 28.7 Å². The summed E-state index contributed by atoms with van der Waals surface area (Å²) in [5, 5.41) is 3.73. The summed E-state index contributed by atoms with van der Waals surface area (Å²) in [7, 11) is -2.54. The van der Waals surface area contributed by atoms with Crippen LogP contribution in [0.25, 0.3) is 11.1 Å². The first-order valence-electron chi connectivity index (χ1n) is 11.4. The van der Waals surface area contributed by atoms with Gasteiger partial charge in [0.15, 0.2) is 0 Å². The minimum atomic E-state index is -3.91. The molecule has 0 spiro atoms. The van der Waals surface area contributed by atoms with Crippen LogP contribution in [0.2, 0.25) is 5.02 Å². The number of methoxy groups -OCH3 is 1. The van der Waals surface area contributed by atoms with Gasteiger partial charge in [-0.3, -0.25) is 4.72 Å². The lowest BCUT2D eigenvalue weighted by molar-refractivity contribution is 0.398. The van der Waals surface area contributed by atoms with E-state index in [4.69, 9.17) is 22.1 Å². The van der Waals surface area contributed by atoms with Gasteiger partial charge in [-0.1, -0.05) is 30.7 Å². The molecule has 38 heavy (non-hydrogen) atoms. The number of amidine groups is 1. The minimum Gasteiger partial charge on any atom is -0.478 e. The molecule has 0 saturated heterocycles. The molecule has 4 aromatic rings. The molecule has 196 valence electrons. The van der Waals surface area contributed by atoms with E-state index in [1.807, 2.05) is 19.1 Å². The molecular weight excluding hydrogens is 528 g/mol. The molecule has 2 aromatic heterocycles. The molecule has 0 amide bonds. The Morgan fingerprint density at radius 2 is 1.74 bits per heavy atom. The number of aliphatic imine (C=N–C) groups is 1. The molecule has 11 nitrogen and oxygen atoms in total. The highest BCUT2D eigenvalue weighted by molar-refractivity contribution is 7.92. The number of benzene rings is 2. The van der Waals surface area contributed by atoms with E-state index in [2.05, 4.69) is 35.0 Å². The fraction of sp³-hybridized carbons (Fsp3) is 0.160. The van der Waals surface area contributed by atoms with Gasteiger partial charge in [-0.15, -0.1) is 0 Å². The van der Waals surface area contributed by atoms with Gasteiger partial charge in [0.1, 0.15) is 11.7 Å². The molecule has 2 aromatic carbocycles. The number of hydrogen-bond acceptors (Lipinski definition) is 9. The van der Waals surface area contributed by atoms with Crippen molar-refractivity contribution in [3.05, 3.63) is 71.6 Å². The van der Waals surface area contributed by atoms with Gasteiger partial charge in [-0.2, -0.15) is 9.98 Å². The third-order valence-electron chi connectivity index (χ3n) is 5.31. The quantitative estimate of drug-likeness (QED) is 0.208. The van der Waals surface area contributed by atoms with Gasteiger partial charge in [-0.05, 0) is 55.3 Å². The van der Waals surface area contributed by atoms with Crippen LogP contribution in [0.1, 0.15) is 19.5 Å². The number of rotatable bonds is 8. The monoisotopic (exact) mass is 552 g/mol. The average Bonchev–Trinajstić information content (AvgIpc) is 2.89. The maximum absolute atomic E-state index is 12.8. The fourth-order valence-electron chi connectivity index (χ4n) is 3.59. The third-order valence-corrected chi connectivity index (χ3v) is 6.92. The molecule has 0 saturated carbocycles. The van der Waals surface area contributed by atoms with Crippen molar-refractivity contribution in [2.24, 2.45) is 4.99 Å². The number of sulfonamides is 1. The summed E-state index contributed by atoms with van der Waals surface area (Å²) in [4.78, 5) is 21.3. The summed E-state index contributed by atoms with van der Waals surface area (Å²) in [6, 6.07) is 13.4. The fourth-order valence-corrected chi connectivity index (χ4v) is 4.72. The van der Waals surface area contributed by atoms with Crippen LogP contribution < -0.4 is 20.5 Å². The minimum absolute atomic E-state index is 0.00650. The first-order valence-corrected chi connectivity index (χ1v) is 13.3. The van der Waals surface area contributed by atoms with Crippen LogP contribution >= 0.6 is 11.6 Å². The van der Waals surface area contributed by atoms with Gasteiger partial charge >= 0.3 is 0 Å². The van der Waals surface area contributed by atoms with E-state index in [1.54, 1.807) is 31.2 Å². The summed E-state index contributed by atoms with van der Waals surface area (Å²) in [6.07, 6.45) is 3.39. The Balaban J connectivity index is 1.51. The molecule has 0 aliphatic carbocycles. The number of aromatic nitrogens is 4. The summed E-state index contributed by atoms with van der Waals surface area (Å²) in [6.45, 7) is 3.72. The Morgan fingerprint density at radius 1 is 1.05 bits per heavy atom. The molecule has 13 heteroatoms. The van der Waals surface area contributed by atoms with Crippen molar-refractivity contribution < 1.29 is 13.2 Å². The van der Waals surface area contributed by atoms with E-state index in [1.165, 1.54) is 31.6 Å². The summed E-state index contributed by atoms with van der Waals surface area (Å²) < 4.78 is 33.0. The Morgan fingerprint density at radius 3 is 2.39 bits per heavy atom. The number of nitrogens with two attached hydrogens (primary N) is 1. The number of ether oxygens (including phenoxy) is 1. The van der Waals surface area contributed by atoms with Crippen LogP contribution in [0.5, 0.6) is 5.88 Å². The zero-order valence-electron chi connectivity index (χ0n) is 20.8. The molecule has 2 heterocycles. The second-order valence-electron chi connectivity index (χ2n) is 7.96. The molecule has 0 bridgehead atoms. The van der Waals surface area contributed by atoms with Crippen molar-refractivity contribution in [3.8, 4) is 17.0 Å². The lowest BCUT2D eigenvalue weighted by Gasteiger charge is -2.12. The highest BCUT2D eigenvalue weighted by atomic mass is 35.5. The molecule has 0 radical (unpaired) electrons. The number of aryl methyl sites for hydroxylation is 1. The van der Waals surface area contributed by atoms with Crippen molar-refractivity contribution in [1.29, 1.82) is 0 Å². The van der Waals surface area contributed by atoms with Crippen LogP contribution in [0.3, 0.4) is 0 Å². The second-order valence-corrected chi connectivity index (χ2v) is 10.1. The molecule has 0 aliphatic heterocycles. The number of nitrogens with zero attached hydrogens (tertiary/aromatic N) is 5. The van der Waals surface area contributed by atoms with Crippen LogP contribution in [0.4, 0.5) is 23.3 Å². The topological polar surface area (TPSA) is 157 Å². The van der Waals surface area contributed by atoms with Crippen molar-refractivity contribution in [3.63, 3.8) is 0 Å². The molecule has 0 aliphatic rings. The smallest absolute Gasteiger partial charge is 0.263 e. The van der Waals surface area contributed by atoms with Gasteiger partial charge in [-0.25, -0.2) is 23.4 Å². The molecular formula is C25H25ClN8O3S. The molecule has 0 unspecified atom stereocenters. The van der Waals surface area contributed by atoms with Gasteiger partial charge in [0.05, 0.1) is 17.7 Å². The van der Waals surface area contributed by atoms with E-state index in [0.717, 1.165) is 16.8 Å². The van der Waals surface area contributed by atoms with Crippen LogP contribution in [-0.2, 0) is 16.4 Å². The Hall–Kier alpha value is -4.29. The largest absolute Gasteiger partial charge is 0.478 e. The lowest BCUT2D eigenvalue weighted by Crippen LogP contribution is -2.15. The lowest BCUT2D eigenvalue weighted by atomic mass is 10.0. The maximum atomic E-state index is 12.8. The Bertz CT molecular complexity index is 1580. The second kappa shape index (κ2) is 11.4.